The Labute approximate surface area is 119 Å². The fraction of sp³-hybridized carbons (Fsp3) is 0.214. The molecule has 0 unspecified atom stereocenters. The van der Waals surface area contributed by atoms with Crippen molar-refractivity contribution in [3.8, 4) is 17.1 Å². The molecule has 0 amide bonds. The Hall–Kier alpha value is -2.83. The van der Waals surface area contributed by atoms with Crippen molar-refractivity contribution in [1.82, 2.24) is 19.9 Å². The summed E-state index contributed by atoms with van der Waals surface area (Å²) in [6, 6.07) is 7.30. The molecular weight excluding hydrogens is 272 g/mol. The van der Waals surface area contributed by atoms with E-state index in [2.05, 4.69) is 19.9 Å². The zero-order chi connectivity index (χ0) is 14.8. The molecule has 1 aromatic carbocycles. The van der Waals surface area contributed by atoms with E-state index in [-0.39, 0.29) is 11.2 Å². The van der Waals surface area contributed by atoms with Crippen LogP contribution in [-0.2, 0) is 0 Å². The van der Waals surface area contributed by atoms with Crippen molar-refractivity contribution in [1.29, 1.82) is 0 Å². The predicted octanol–water partition coefficient (Wildman–Crippen LogP) is 1.40. The number of para-hydroxylation sites is 1. The van der Waals surface area contributed by atoms with Crippen LogP contribution in [-0.4, -0.2) is 26.5 Å². The van der Waals surface area contributed by atoms with Crippen molar-refractivity contribution in [2.75, 3.05) is 6.61 Å². The van der Waals surface area contributed by atoms with Crippen LogP contribution in [0.5, 0.6) is 5.75 Å². The highest BCUT2D eigenvalue weighted by Crippen LogP contribution is 2.26. The van der Waals surface area contributed by atoms with Gasteiger partial charge in [-0.1, -0.05) is 19.1 Å². The summed E-state index contributed by atoms with van der Waals surface area (Å²) in [5.41, 5.74) is 0.168. The third-order valence-corrected chi connectivity index (χ3v) is 2.99. The van der Waals surface area contributed by atoms with Crippen molar-refractivity contribution < 1.29 is 4.74 Å². The number of ether oxygens (including phenoxy) is 1. The summed E-state index contributed by atoms with van der Waals surface area (Å²) in [5, 5.41) is 0. The summed E-state index contributed by atoms with van der Waals surface area (Å²) in [5.74, 6) is 0.995. The van der Waals surface area contributed by atoms with Gasteiger partial charge in [0.2, 0.25) is 0 Å². The summed E-state index contributed by atoms with van der Waals surface area (Å²) in [7, 11) is 0. The summed E-state index contributed by atoms with van der Waals surface area (Å²) in [6.45, 7) is 2.59. The van der Waals surface area contributed by atoms with Gasteiger partial charge in [-0.2, -0.15) is 0 Å². The van der Waals surface area contributed by atoms with Crippen LogP contribution >= 0.6 is 0 Å². The SMILES string of the molecule is CCCOc1ccccc1-c1nc2[nH]c(=O)[nH]c2c(=O)[nH]1. The molecule has 0 fully saturated rings. The Morgan fingerprint density at radius 1 is 1.14 bits per heavy atom. The van der Waals surface area contributed by atoms with Gasteiger partial charge in [-0.15, -0.1) is 0 Å². The molecule has 0 aliphatic rings. The third-order valence-electron chi connectivity index (χ3n) is 2.99. The number of benzene rings is 1. The summed E-state index contributed by atoms with van der Waals surface area (Å²) in [4.78, 5) is 35.1. The van der Waals surface area contributed by atoms with Gasteiger partial charge in [-0.3, -0.25) is 14.8 Å². The van der Waals surface area contributed by atoms with E-state index in [1.54, 1.807) is 6.07 Å². The molecule has 2 aromatic heterocycles. The number of H-pyrrole nitrogens is 3. The predicted molar refractivity (Wildman–Crippen MR) is 78.6 cm³/mol. The molecule has 0 spiro atoms. The van der Waals surface area contributed by atoms with Crippen molar-refractivity contribution >= 4 is 11.2 Å². The van der Waals surface area contributed by atoms with E-state index in [4.69, 9.17) is 4.74 Å². The highest BCUT2D eigenvalue weighted by atomic mass is 16.5. The Morgan fingerprint density at radius 3 is 2.76 bits per heavy atom. The highest BCUT2D eigenvalue weighted by molar-refractivity contribution is 5.73. The van der Waals surface area contributed by atoms with Gasteiger partial charge in [0, 0.05) is 0 Å². The molecular formula is C14H14N4O3. The maximum Gasteiger partial charge on any atom is 0.325 e. The third kappa shape index (κ3) is 2.45. The van der Waals surface area contributed by atoms with Crippen LogP contribution in [0.4, 0.5) is 0 Å². The fourth-order valence-corrected chi connectivity index (χ4v) is 2.06. The minimum Gasteiger partial charge on any atom is -0.493 e. The average Bonchev–Trinajstić information content (AvgIpc) is 2.86. The molecule has 0 saturated heterocycles. The minimum atomic E-state index is -0.462. The molecule has 0 bridgehead atoms. The van der Waals surface area contributed by atoms with E-state index >= 15 is 0 Å². The van der Waals surface area contributed by atoms with E-state index in [1.165, 1.54) is 0 Å². The first kappa shape index (κ1) is 13.2. The standard InChI is InChI=1S/C14H14N4O3/c1-2-7-21-9-6-4-3-5-8(9)11-16-12-10(13(19)17-11)15-14(20)18-12/h3-6H,2,7H2,1H3,(H3,15,16,17,18,19,20). The Kier molecular flexibility index (Phi) is 3.31. The van der Waals surface area contributed by atoms with Crippen molar-refractivity contribution in [3.05, 3.63) is 45.1 Å². The van der Waals surface area contributed by atoms with E-state index < -0.39 is 11.2 Å². The van der Waals surface area contributed by atoms with Gasteiger partial charge >= 0.3 is 5.69 Å². The lowest BCUT2D eigenvalue weighted by molar-refractivity contribution is 0.318. The van der Waals surface area contributed by atoms with E-state index in [1.807, 2.05) is 25.1 Å². The van der Waals surface area contributed by atoms with Crippen LogP contribution in [0.25, 0.3) is 22.6 Å². The molecule has 21 heavy (non-hydrogen) atoms. The number of nitrogens with one attached hydrogen (secondary N) is 3. The van der Waals surface area contributed by atoms with E-state index in [0.717, 1.165) is 6.42 Å². The first-order chi connectivity index (χ1) is 10.2. The molecule has 3 N–H and O–H groups in total. The van der Waals surface area contributed by atoms with Crippen LogP contribution in [0.15, 0.2) is 33.9 Å². The molecule has 0 atom stereocenters. The average molecular weight is 286 g/mol. The number of imidazole rings is 1. The number of fused-ring (bicyclic) bond motifs is 1. The van der Waals surface area contributed by atoms with Gasteiger partial charge in [-0.05, 0) is 18.6 Å². The number of aromatic nitrogens is 4. The molecule has 0 aliphatic carbocycles. The maximum absolute atomic E-state index is 12.0. The highest BCUT2D eigenvalue weighted by Gasteiger charge is 2.12. The molecule has 108 valence electrons. The summed E-state index contributed by atoms with van der Waals surface area (Å²) in [6.07, 6.45) is 0.877. The zero-order valence-electron chi connectivity index (χ0n) is 11.4. The fourth-order valence-electron chi connectivity index (χ4n) is 2.06. The van der Waals surface area contributed by atoms with Crippen LogP contribution in [0, 0.1) is 0 Å². The Balaban J connectivity index is 2.16. The van der Waals surface area contributed by atoms with Crippen LogP contribution in [0.3, 0.4) is 0 Å². The van der Waals surface area contributed by atoms with Crippen molar-refractivity contribution in [2.45, 2.75) is 13.3 Å². The first-order valence-corrected chi connectivity index (χ1v) is 6.63. The second-order valence-corrected chi connectivity index (χ2v) is 4.56. The van der Waals surface area contributed by atoms with Crippen LogP contribution in [0.1, 0.15) is 13.3 Å². The maximum atomic E-state index is 12.0. The minimum absolute atomic E-state index is 0.135. The van der Waals surface area contributed by atoms with Gasteiger partial charge in [0.1, 0.15) is 11.6 Å². The number of nitrogens with zero attached hydrogens (tertiary/aromatic N) is 1. The first-order valence-electron chi connectivity index (χ1n) is 6.63. The normalized spacial score (nSPS) is 10.9. The lowest BCUT2D eigenvalue weighted by atomic mass is 10.2. The molecule has 7 nitrogen and oxygen atoms in total. The number of hydrogen-bond acceptors (Lipinski definition) is 4. The quantitative estimate of drug-likeness (QED) is 0.674. The van der Waals surface area contributed by atoms with Crippen molar-refractivity contribution in [3.63, 3.8) is 0 Å². The monoisotopic (exact) mass is 286 g/mol. The topological polar surface area (TPSA) is 104 Å². The summed E-state index contributed by atoms with van der Waals surface area (Å²) >= 11 is 0. The lowest BCUT2D eigenvalue weighted by Crippen LogP contribution is -2.10. The van der Waals surface area contributed by atoms with Crippen LogP contribution in [0.2, 0.25) is 0 Å². The molecule has 7 heteroatoms. The smallest absolute Gasteiger partial charge is 0.325 e. The Bertz CT molecular complexity index is 891. The number of aromatic amines is 3. The molecule has 0 radical (unpaired) electrons. The van der Waals surface area contributed by atoms with E-state index in [0.29, 0.717) is 23.7 Å². The molecule has 0 aliphatic heterocycles. The number of rotatable bonds is 4. The van der Waals surface area contributed by atoms with Gasteiger partial charge in [0.25, 0.3) is 5.56 Å². The second kappa shape index (κ2) is 5.28. The van der Waals surface area contributed by atoms with E-state index in [9.17, 15) is 9.59 Å². The van der Waals surface area contributed by atoms with Crippen molar-refractivity contribution in [2.24, 2.45) is 0 Å². The molecule has 3 rings (SSSR count). The molecule has 2 heterocycles. The zero-order valence-corrected chi connectivity index (χ0v) is 11.4. The lowest BCUT2D eigenvalue weighted by Gasteiger charge is -2.09. The van der Waals surface area contributed by atoms with Gasteiger partial charge in [0.15, 0.2) is 11.2 Å². The molecule has 0 saturated carbocycles. The number of hydrogen-bond donors (Lipinski definition) is 3. The summed E-state index contributed by atoms with van der Waals surface area (Å²) < 4.78 is 5.66. The second-order valence-electron chi connectivity index (χ2n) is 4.56. The Morgan fingerprint density at radius 2 is 1.95 bits per heavy atom. The molecule has 3 aromatic rings. The van der Waals surface area contributed by atoms with Crippen LogP contribution < -0.4 is 16.0 Å². The van der Waals surface area contributed by atoms with Gasteiger partial charge in [-0.25, -0.2) is 9.78 Å². The van der Waals surface area contributed by atoms with Gasteiger partial charge < -0.3 is 9.72 Å². The van der Waals surface area contributed by atoms with Gasteiger partial charge in [0.05, 0.1) is 12.2 Å². The largest absolute Gasteiger partial charge is 0.493 e.